The van der Waals surface area contributed by atoms with Crippen molar-refractivity contribution in [1.82, 2.24) is 0 Å². The second kappa shape index (κ2) is 5.08. The zero-order valence-electron chi connectivity index (χ0n) is 8.80. The lowest BCUT2D eigenvalue weighted by molar-refractivity contribution is -0.385. The molecule has 1 aliphatic rings. The molecule has 3 N–H and O–H groups in total. The minimum absolute atomic E-state index is 0. The van der Waals surface area contributed by atoms with Gasteiger partial charge in [0.15, 0.2) is 0 Å². The van der Waals surface area contributed by atoms with E-state index in [1.165, 1.54) is 12.1 Å². The van der Waals surface area contributed by atoms with Crippen molar-refractivity contribution in [2.75, 3.05) is 0 Å². The van der Waals surface area contributed by atoms with Gasteiger partial charge in [0, 0.05) is 12.1 Å². The van der Waals surface area contributed by atoms with Gasteiger partial charge in [0.2, 0.25) is 0 Å². The van der Waals surface area contributed by atoms with Crippen LogP contribution in [0, 0.1) is 16.0 Å². The Kier molecular flexibility index (Phi) is 4.19. The number of rotatable bonds is 3. The van der Waals surface area contributed by atoms with Crippen molar-refractivity contribution >= 4 is 29.7 Å². The molecule has 1 aliphatic carbocycles. The van der Waals surface area contributed by atoms with Gasteiger partial charge >= 0.3 is 0 Å². The third-order valence-corrected chi connectivity index (χ3v) is 3.11. The number of nitro groups is 1. The van der Waals surface area contributed by atoms with Crippen molar-refractivity contribution in [3.05, 3.63) is 32.8 Å². The quantitative estimate of drug-likeness (QED) is 0.657. The zero-order valence-corrected chi connectivity index (χ0v) is 10.4. The molecule has 1 aromatic rings. The molecule has 1 saturated carbocycles. The van der Waals surface area contributed by atoms with E-state index in [1.54, 1.807) is 0 Å². The fraction of sp³-hybridized carbons (Fsp3) is 0.400. The highest BCUT2D eigenvalue weighted by Gasteiger charge is 2.36. The van der Waals surface area contributed by atoms with Gasteiger partial charge in [0.1, 0.15) is 5.75 Å². The van der Waals surface area contributed by atoms with Crippen LogP contribution in [0.1, 0.15) is 24.4 Å². The van der Waals surface area contributed by atoms with Crippen LogP contribution in [-0.4, -0.2) is 10.0 Å². The number of aromatic hydroxyl groups is 1. The Morgan fingerprint density at radius 2 is 2.12 bits per heavy atom. The molecule has 0 spiro atoms. The SMILES string of the molecule is Cl.N[C@H](c1c([N+](=O)[O-])ccc(Cl)c1O)C1CC1. The fourth-order valence-corrected chi connectivity index (χ4v) is 1.91. The van der Waals surface area contributed by atoms with E-state index in [0.717, 1.165) is 12.8 Å². The lowest BCUT2D eigenvalue weighted by Gasteiger charge is -2.13. The summed E-state index contributed by atoms with van der Waals surface area (Å²) < 4.78 is 0. The molecule has 1 atom stereocenters. The molecule has 1 fully saturated rings. The van der Waals surface area contributed by atoms with Gasteiger partial charge in [0.25, 0.3) is 5.69 Å². The third kappa shape index (κ3) is 2.62. The highest BCUT2D eigenvalue weighted by atomic mass is 35.5. The molecule has 1 aromatic carbocycles. The number of nitrogens with zero attached hydrogens (tertiary/aromatic N) is 1. The van der Waals surface area contributed by atoms with Gasteiger partial charge in [-0.05, 0) is 24.8 Å². The van der Waals surface area contributed by atoms with Crippen LogP contribution in [-0.2, 0) is 0 Å². The molecule has 0 heterocycles. The average molecular weight is 279 g/mol. The van der Waals surface area contributed by atoms with Crippen LogP contribution in [0.15, 0.2) is 12.1 Å². The standard InChI is InChI=1S/C10H11ClN2O3.ClH/c11-6-3-4-7(13(15)16)8(10(6)14)9(12)5-1-2-5;/h3-5,9,14H,1-2,12H2;1H/t9-;/m0./s1. The third-order valence-electron chi connectivity index (χ3n) is 2.80. The first-order valence-corrected chi connectivity index (χ1v) is 5.31. The average Bonchev–Trinajstić information content (AvgIpc) is 3.04. The predicted molar refractivity (Wildman–Crippen MR) is 66.7 cm³/mol. The largest absolute Gasteiger partial charge is 0.506 e. The van der Waals surface area contributed by atoms with E-state index in [2.05, 4.69) is 0 Å². The van der Waals surface area contributed by atoms with Gasteiger partial charge < -0.3 is 10.8 Å². The van der Waals surface area contributed by atoms with Gasteiger partial charge in [-0.3, -0.25) is 10.1 Å². The Morgan fingerprint density at radius 1 is 1.53 bits per heavy atom. The summed E-state index contributed by atoms with van der Waals surface area (Å²) in [5, 5.41) is 20.7. The molecule has 0 aliphatic heterocycles. The maximum absolute atomic E-state index is 10.8. The van der Waals surface area contributed by atoms with Crippen LogP contribution in [0.25, 0.3) is 0 Å². The first-order chi connectivity index (χ1) is 7.52. The summed E-state index contributed by atoms with van der Waals surface area (Å²) in [4.78, 5) is 10.3. The van der Waals surface area contributed by atoms with Crippen molar-refractivity contribution in [1.29, 1.82) is 0 Å². The van der Waals surface area contributed by atoms with E-state index in [1.807, 2.05) is 0 Å². The number of phenolic OH excluding ortho intramolecular Hbond substituents is 1. The van der Waals surface area contributed by atoms with Gasteiger partial charge in [-0.1, -0.05) is 11.6 Å². The fourth-order valence-electron chi connectivity index (χ4n) is 1.75. The summed E-state index contributed by atoms with van der Waals surface area (Å²) in [6, 6.07) is 2.07. The Morgan fingerprint density at radius 3 is 2.59 bits per heavy atom. The Labute approximate surface area is 109 Å². The lowest BCUT2D eigenvalue weighted by Crippen LogP contribution is -2.14. The molecule has 0 bridgehead atoms. The van der Waals surface area contributed by atoms with Crippen molar-refractivity contribution < 1.29 is 10.0 Å². The van der Waals surface area contributed by atoms with Crippen molar-refractivity contribution in [3.8, 4) is 5.75 Å². The lowest BCUT2D eigenvalue weighted by atomic mass is 10.0. The number of halogens is 2. The number of hydrogen-bond acceptors (Lipinski definition) is 4. The number of nitro benzene ring substituents is 1. The van der Waals surface area contributed by atoms with Crippen LogP contribution in [0.3, 0.4) is 0 Å². The molecule has 0 radical (unpaired) electrons. The van der Waals surface area contributed by atoms with Crippen LogP contribution in [0.5, 0.6) is 5.75 Å². The first kappa shape index (κ1) is 14.0. The van der Waals surface area contributed by atoms with Gasteiger partial charge in [-0.2, -0.15) is 0 Å². The zero-order chi connectivity index (χ0) is 11.9. The maximum Gasteiger partial charge on any atom is 0.278 e. The minimum atomic E-state index is -0.548. The van der Waals surface area contributed by atoms with E-state index in [0.29, 0.717) is 0 Å². The van der Waals surface area contributed by atoms with Crippen LogP contribution in [0.2, 0.25) is 5.02 Å². The molecule has 0 amide bonds. The molecule has 5 nitrogen and oxygen atoms in total. The summed E-state index contributed by atoms with van der Waals surface area (Å²) in [6.45, 7) is 0. The van der Waals surface area contributed by atoms with Crippen LogP contribution < -0.4 is 5.73 Å². The summed E-state index contributed by atoms with van der Waals surface area (Å²) >= 11 is 5.73. The highest BCUT2D eigenvalue weighted by molar-refractivity contribution is 6.32. The summed E-state index contributed by atoms with van der Waals surface area (Å²) in [5.41, 5.74) is 5.87. The Hall–Kier alpha value is -1.04. The molecule has 0 aromatic heterocycles. The van der Waals surface area contributed by atoms with E-state index >= 15 is 0 Å². The number of nitrogens with two attached hydrogens (primary N) is 1. The minimum Gasteiger partial charge on any atom is -0.506 e. The highest BCUT2D eigenvalue weighted by Crippen LogP contribution is 2.46. The monoisotopic (exact) mass is 278 g/mol. The molecule has 0 unspecified atom stereocenters. The van der Waals surface area contributed by atoms with Crippen molar-refractivity contribution in [3.63, 3.8) is 0 Å². The van der Waals surface area contributed by atoms with Crippen LogP contribution >= 0.6 is 24.0 Å². The van der Waals surface area contributed by atoms with E-state index in [-0.39, 0.29) is 40.3 Å². The Balaban J connectivity index is 0.00000144. The molecule has 0 saturated heterocycles. The molecule has 94 valence electrons. The van der Waals surface area contributed by atoms with E-state index < -0.39 is 11.0 Å². The van der Waals surface area contributed by atoms with Crippen LogP contribution in [0.4, 0.5) is 5.69 Å². The number of benzene rings is 1. The smallest absolute Gasteiger partial charge is 0.278 e. The normalized spacial score (nSPS) is 16.1. The molecule has 17 heavy (non-hydrogen) atoms. The Bertz CT molecular complexity index is 449. The summed E-state index contributed by atoms with van der Waals surface area (Å²) in [7, 11) is 0. The molecule has 7 heteroatoms. The van der Waals surface area contributed by atoms with Gasteiger partial charge in [-0.15, -0.1) is 12.4 Å². The second-order valence-corrected chi connectivity index (χ2v) is 4.36. The summed E-state index contributed by atoms with van der Waals surface area (Å²) in [6.07, 6.45) is 1.87. The predicted octanol–water partition coefficient (Wildman–Crippen LogP) is 2.79. The second-order valence-electron chi connectivity index (χ2n) is 3.95. The molecular formula is C10H12Cl2N2O3. The van der Waals surface area contributed by atoms with Crippen molar-refractivity contribution in [2.24, 2.45) is 11.7 Å². The maximum atomic E-state index is 10.8. The summed E-state index contributed by atoms with van der Waals surface area (Å²) in [5.74, 6) is -0.0571. The first-order valence-electron chi connectivity index (χ1n) is 4.93. The van der Waals surface area contributed by atoms with E-state index in [9.17, 15) is 15.2 Å². The molecule has 2 rings (SSSR count). The molecular weight excluding hydrogens is 267 g/mol. The number of phenols is 1. The number of hydrogen-bond donors (Lipinski definition) is 2. The van der Waals surface area contributed by atoms with E-state index in [4.69, 9.17) is 17.3 Å². The van der Waals surface area contributed by atoms with Gasteiger partial charge in [-0.25, -0.2) is 0 Å². The topological polar surface area (TPSA) is 89.4 Å². The van der Waals surface area contributed by atoms with Crippen molar-refractivity contribution in [2.45, 2.75) is 18.9 Å². The van der Waals surface area contributed by atoms with Gasteiger partial charge in [0.05, 0.1) is 15.5 Å².